The van der Waals surface area contributed by atoms with E-state index in [0.717, 1.165) is 11.3 Å². The van der Waals surface area contributed by atoms with Gasteiger partial charge in [0.05, 0.1) is 12.7 Å². The van der Waals surface area contributed by atoms with Crippen LogP contribution >= 0.6 is 0 Å². The number of rotatable bonds is 5. The molecule has 0 saturated heterocycles. The average Bonchev–Trinajstić information content (AvgIpc) is 2.15. The highest BCUT2D eigenvalue weighted by atomic mass is 16.9. The summed E-state index contributed by atoms with van der Waals surface area (Å²) >= 11 is 0. The first-order chi connectivity index (χ1) is 7.09. The van der Waals surface area contributed by atoms with Crippen LogP contribution in [0.2, 0.25) is 0 Å². The molecule has 0 atom stereocenters. The molecule has 0 bridgehead atoms. The van der Waals surface area contributed by atoms with Crippen molar-refractivity contribution >= 4 is 0 Å². The summed E-state index contributed by atoms with van der Waals surface area (Å²) in [6.07, 6.45) is 0.123. The zero-order valence-corrected chi connectivity index (χ0v) is 9.30. The molecule has 0 aromatic heterocycles. The van der Waals surface area contributed by atoms with Gasteiger partial charge in [0.1, 0.15) is 5.75 Å². The predicted octanol–water partition coefficient (Wildman–Crippen LogP) is 2.23. The largest absolute Gasteiger partial charge is 0.491 e. The number of para-hydroxylation sites is 1. The van der Waals surface area contributed by atoms with Gasteiger partial charge < -0.3 is 4.74 Å². The molecule has 0 aliphatic heterocycles. The molecule has 4 nitrogen and oxygen atoms in total. The summed E-state index contributed by atoms with van der Waals surface area (Å²) in [7, 11) is 1.42. The Kier molecular flexibility index (Phi) is 4.55. The van der Waals surface area contributed by atoms with E-state index in [4.69, 9.17) is 14.8 Å². The lowest BCUT2D eigenvalue weighted by molar-refractivity contribution is -0.330. The normalized spacial score (nSPS) is 11.1. The summed E-state index contributed by atoms with van der Waals surface area (Å²) in [5.41, 5.74) is 0.909. The summed E-state index contributed by atoms with van der Waals surface area (Å²) in [5, 5.41) is 9.54. The Morgan fingerprint density at radius 2 is 2.00 bits per heavy atom. The summed E-state index contributed by atoms with van der Waals surface area (Å²) in [4.78, 5) is 4.96. The van der Waals surface area contributed by atoms with E-state index in [0.29, 0.717) is 5.23 Å². The van der Waals surface area contributed by atoms with E-state index < -0.39 is 0 Å². The van der Waals surface area contributed by atoms with Crippen LogP contribution < -0.4 is 4.74 Å². The third kappa shape index (κ3) is 4.29. The Balaban J connectivity index is 2.68. The van der Waals surface area contributed by atoms with E-state index in [1.165, 1.54) is 7.05 Å². The van der Waals surface area contributed by atoms with Crippen molar-refractivity contribution in [2.75, 3.05) is 7.05 Å². The van der Waals surface area contributed by atoms with E-state index in [2.05, 4.69) is 0 Å². The van der Waals surface area contributed by atoms with Crippen LogP contribution in [0.3, 0.4) is 0 Å². The molecule has 1 rings (SSSR count). The minimum absolute atomic E-state index is 0.123. The second kappa shape index (κ2) is 5.70. The van der Waals surface area contributed by atoms with E-state index in [1.54, 1.807) is 0 Å². The van der Waals surface area contributed by atoms with Gasteiger partial charge in [-0.3, -0.25) is 10.0 Å². The Bertz CT molecular complexity index is 300. The number of hydrogen-bond acceptors (Lipinski definition) is 4. The van der Waals surface area contributed by atoms with Crippen molar-refractivity contribution in [1.82, 2.24) is 5.23 Å². The maximum absolute atomic E-state index is 8.86. The lowest BCUT2D eigenvalue weighted by Gasteiger charge is -2.15. The molecule has 0 aliphatic rings. The van der Waals surface area contributed by atoms with Crippen molar-refractivity contribution < 1.29 is 14.8 Å². The zero-order chi connectivity index (χ0) is 11.3. The maximum atomic E-state index is 8.86. The standard InChI is InChI=1S/C11H17NO3/c1-9(2)15-11-7-5-4-6-10(11)8-14-12(3)13/h4-7,9,13H,8H2,1-3H3. The SMILES string of the molecule is CC(C)Oc1ccccc1CON(C)O. The van der Waals surface area contributed by atoms with Crippen LogP contribution in [0, 0.1) is 0 Å². The maximum Gasteiger partial charge on any atom is 0.125 e. The molecule has 1 N–H and O–H groups in total. The number of benzene rings is 1. The molecular formula is C11H17NO3. The van der Waals surface area contributed by atoms with E-state index in [1.807, 2.05) is 38.1 Å². The molecule has 84 valence electrons. The van der Waals surface area contributed by atoms with Gasteiger partial charge in [0.15, 0.2) is 0 Å². The highest BCUT2D eigenvalue weighted by molar-refractivity contribution is 5.32. The molecule has 0 saturated carbocycles. The zero-order valence-electron chi connectivity index (χ0n) is 9.30. The predicted molar refractivity (Wildman–Crippen MR) is 56.5 cm³/mol. The van der Waals surface area contributed by atoms with Gasteiger partial charge in [-0.2, -0.15) is 0 Å². The number of hydrogen-bond donors (Lipinski definition) is 1. The first-order valence-corrected chi connectivity index (χ1v) is 4.89. The molecule has 0 radical (unpaired) electrons. The number of hydroxylamine groups is 2. The van der Waals surface area contributed by atoms with Crippen molar-refractivity contribution in [3.8, 4) is 5.75 Å². The summed E-state index contributed by atoms with van der Waals surface area (Å²) in [6, 6.07) is 7.60. The first kappa shape index (κ1) is 12.0. The minimum Gasteiger partial charge on any atom is -0.491 e. The van der Waals surface area contributed by atoms with Gasteiger partial charge in [0.2, 0.25) is 0 Å². The highest BCUT2D eigenvalue weighted by Crippen LogP contribution is 2.20. The minimum atomic E-state index is 0.123. The molecule has 0 fully saturated rings. The van der Waals surface area contributed by atoms with Crippen LogP contribution in [0.4, 0.5) is 0 Å². The Morgan fingerprint density at radius 1 is 1.33 bits per heavy atom. The molecule has 1 aromatic carbocycles. The monoisotopic (exact) mass is 211 g/mol. The molecule has 0 amide bonds. The van der Waals surface area contributed by atoms with Crippen molar-refractivity contribution in [1.29, 1.82) is 0 Å². The fraction of sp³-hybridized carbons (Fsp3) is 0.455. The molecule has 0 heterocycles. The fourth-order valence-corrected chi connectivity index (χ4v) is 1.15. The van der Waals surface area contributed by atoms with Gasteiger partial charge in [-0.25, -0.2) is 0 Å². The van der Waals surface area contributed by atoms with E-state index in [-0.39, 0.29) is 12.7 Å². The summed E-state index contributed by atoms with van der Waals surface area (Å²) in [6.45, 7) is 4.22. The number of nitrogens with zero attached hydrogens (tertiary/aromatic N) is 1. The van der Waals surface area contributed by atoms with Gasteiger partial charge in [-0.15, -0.1) is 0 Å². The third-order valence-electron chi connectivity index (χ3n) is 1.74. The quantitative estimate of drug-likeness (QED) is 0.758. The van der Waals surface area contributed by atoms with Crippen LogP contribution in [0.5, 0.6) is 5.75 Å². The van der Waals surface area contributed by atoms with E-state index in [9.17, 15) is 0 Å². The molecule has 1 aromatic rings. The van der Waals surface area contributed by atoms with Crippen LogP contribution in [-0.4, -0.2) is 23.6 Å². The van der Waals surface area contributed by atoms with Crippen LogP contribution in [0.15, 0.2) is 24.3 Å². The van der Waals surface area contributed by atoms with Crippen molar-refractivity contribution in [3.63, 3.8) is 0 Å². The average molecular weight is 211 g/mol. The Labute approximate surface area is 89.9 Å². The second-order valence-electron chi connectivity index (χ2n) is 3.51. The molecule has 4 heteroatoms. The molecule has 0 unspecified atom stereocenters. The highest BCUT2D eigenvalue weighted by Gasteiger charge is 2.05. The van der Waals surface area contributed by atoms with Gasteiger partial charge in [-0.1, -0.05) is 23.4 Å². The Morgan fingerprint density at radius 3 is 2.60 bits per heavy atom. The molecule has 0 spiro atoms. The lowest BCUT2D eigenvalue weighted by Crippen LogP contribution is -2.14. The molecule has 15 heavy (non-hydrogen) atoms. The second-order valence-corrected chi connectivity index (χ2v) is 3.51. The molecule has 0 aliphatic carbocycles. The lowest BCUT2D eigenvalue weighted by atomic mass is 10.2. The summed E-state index contributed by atoms with van der Waals surface area (Å²) in [5.74, 6) is 0.786. The first-order valence-electron chi connectivity index (χ1n) is 4.89. The van der Waals surface area contributed by atoms with Crippen molar-refractivity contribution in [2.45, 2.75) is 26.6 Å². The van der Waals surface area contributed by atoms with Gasteiger partial charge >= 0.3 is 0 Å². The van der Waals surface area contributed by atoms with Crippen LogP contribution in [0.1, 0.15) is 19.4 Å². The number of ether oxygens (including phenoxy) is 1. The van der Waals surface area contributed by atoms with Gasteiger partial charge in [-0.05, 0) is 19.9 Å². The Hall–Kier alpha value is -1.10. The summed E-state index contributed by atoms with van der Waals surface area (Å²) < 4.78 is 5.60. The third-order valence-corrected chi connectivity index (χ3v) is 1.74. The fourth-order valence-electron chi connectivity index (χ4n) is 1.15. The topological polar surface area (TPSA) is 41.9 Å². The smallest absolute Gasteiger partial charge is 0.125 e. The van der Waals surface area contributed by atoms with E-state index >= 15 is 0 Å². The van der Waals surface area contributed by atoms with Gasteiger partial charge in [0, 0.05) is 12.6 Å². The van der Waals surface area contributed by atoms with Crippen molar-refractivity contribution in [3.05, 3.63) is 29.8 Å². The molecular weight excluding hydrogens is 194 g/mol. The van der Waals surface area contributed by atoms with Gasteiger partial charge in [0.25, 0.3) is 0 Å². The van der Waals surface area contributed by atoms with Crippen LogP contribution in [0.25, 0.3) is 0 Å². The van der Waals surface area contributed by atoms with Crippen LogP contribution in [-0.2, 0) is 11.4 Å². The van der Waals surface area contributed by atoms with Crippen molar-refractivity contribution in [2.24, 2.45) is 0 Å².